The number of tetrazole rings is 1. The number of carboxylic acid groups (broad SMARTS) is 1. The molecule has 0 atom stereocenters. The Morgan fingerprint density at radius 2 is 1.94 bits per heavy atom. The molecule has 1 aromatic heterocycles. The molecule has 0 aliphatic heterocycles. The smallest absolute Gasteiger partial charge is 0.311 e. The highest BCUT2D eigenvalue weighted by molar-refractivity contribution is 5.76. The Labute approximate surface area is 93.8 Å². The molecule has 0 aliphatic rings. The van der Waals surface area contributed by atoms with Gasteiger partial charge in [0.1, 0.15) is 0 Å². The van der Waals surface area contributed by atoms with Crippen LogP contribution in [0.15, 0.2) is 0 Å². The molecule has 0 saturated heterocycles. The molecule has 1 rings (SSSR count). The maximum absolute atomic E-state index is 11.2. The summed E-state index contributed by atoms with van der Waals surface area (Å²) >= 11 is 0. The van der Waals surface area contributed by atoms with Crippen LogP contribution in [0.5, 0.6) is 0 Å². The van der Waals surface area contributed by atoms with Crippen LogP contribution in [0, 0.1) is 5.41 Å². The summed E-state index contributed by atoms with van der Waals surface area (Å²) in [6.45, 7) is 6.92. The van der Waals surface area contributed by atoms with E-state index in [2.05, 4.69) is 20.8 Å². The lowest BCUT2D eigenvalue weighted by Crippen LogP contribution is -2.51. The summed E-state index contributed by atoms with van der Waals surface area (Å²) in [6, 6.07) is 0. The van der Waals surface area contributed by atoms with E-state index >= 15 is 0 Å². The van der Waals surface area contributed by atoms with Crippen molar-refractivity contribution in [1.29, 1.82) is 0 Å². The topological polar surface area (TPSA) is 92.9 Å². The number of rotatable bonds is 4. The molecule has 0 aliphatic carbocycles. The fourth-order valence-electron chi connectivity index (χ4n) is 1.04. The van der Waals surface area contributed by atoms with Gasteiger partial charge in [-0.2, -0.15) is 0 Å². The molecule has 0 saturated carbocycles. The molecule has 0 bridgehead atoms. The number of nitrogens with one attached hydrogen (secondary N) is 1. The largest absolute Gasteiger partial charge is 0.481 e. The molecule has 90 valence electrons. The number of anilines is 1. The van der Waals surface area contributed by atoms with E-state index in [1.165, 1.54) is 4.68 Å². The van der Waals surface area contributed by atoms with E-state index in [0.717, 1.165) is 0 Å². The molecule has 7 nitrogen and oxygen atoms in total. The van der Waals surface area contributed by atoms with Gasteiger partial charge in [0.05, 0.1) is 11.0 Å². The van der Waals surface area contributed by atoms with Crippen LogP contribution in [0.4, 0.5) is 5.95 Å². The van der Waals surface area contributed by atoms with Gasteiger partial charge in [-0.25, -0.2) is 4.68 Å². The van der Waals surface area contributed by atoms with Crippen LogP contribution in [0.25, 0.3) is 0 Å². The van der Waals surface area contributed by atoms with Crippen molar-refractivity contribution in [3.05, 3.63) is 0 Å². The molecule has 1 aromatic rings. The normalized spacial score (nSPS) is 12.6. The van der Waals surface area contributed by atoms with Crippen molar-refractivity contribution in [3.8, 4) is 0 Å². The molecular weight excluding hydrogens is 210 g/mol. The summed E-state index contributed by atoms with van der Waals surface area (Å²) in [5.41, 5.74) is -1.62. The Hall–Kier alpha value is -1.66. The predicted octanol–water partition coefficient (Wildman–Crippen LogP) is 0.511. The molecular formula is C9H17N5O2. The van der Waals surface area contributed by atoms with Crippen molar-refractivity contribution >= 4 is 11.9 Å². The molecule has 1 heterocycles. The fourth-order valence-corrected chi connectivity index (χ4v) is 1.04. The van der Waals surface area contributed by atoms with Crippen LogP contribution in [0.3, 0.4) is 0 Å². The Balaban J connectivity index is 2.96. The van der Waals surface area contributed by atoms with Gasteiger partial charge in [0.25, 0.3) is 0 Å². The summed E-state index contributed by atoms with van der Waals surface area (Å²) < 4.78 is 1.46. The predicted molar refractivity (Wildman–Crippen MR) is 57.9 cm³/mol. The molecule has 0 fully saturated rings. The van der Waals surface area contributed by atoms with Crippen molar-refractivity contribution in [2.24, 2.45) is 12.5 Å². The van der Waals surface area contributed by atoms with E-state index in [9.17, 15) is 9.90 Å². The Bertz CT molecular complexity index is 396. The first-order chi connectivity index (χ1) is 7.18. The van der Waals surface area contributed by atoms with E-state index in [4.69, 9.17) is 0 Å². The third-order valence-electron chi connectivity index (χ3n) is 3.14. The fraction of sp³-hybridized carbons (Fsp3) is 0.778. The summed E-state index contributed by atoms with van der Waals surface area (Å²) in [4.78, 5) is 11.2. The van der Waals surface area contributed by atoms with Crippen LogP contribution < -0.4 is 5.32 Å². The van der Waals surface area contributed by atoms with Gasteiger partial charge in [-0.1, -0.05) is 5.10 Å². The Morgan fingerprint density at radius 1 is 1.38 bits per heavy atom. The first-order valence-corrected chi connectivity index (χ1v) is 4.92. The molecule has 0 spiro atoms. The lowest BCUT2D eigenvalue weighted by atomic mass is 9.74. The van der Waals surface area contributed by atoms with E-state index in [-0.39, 0.29) is 0 Å². The Kier molecular flexibility index (Phi) is 2.89. The second kappa shape index (κ2) is 3.73. The summed E-state index contributed by atoms with van der Waals surface area (Å²) in [5.74, 6) is -0.431. The lowest BCUT2D eigenvalue weighted by Gasteiger charge is -2.38. The number of hydrogen-bond donors (Lipinski definition) is 2. The third-order valence-corrected chi connectivity index (χ3v) is 3.14. The molecule has 16 heavy (non-hydrogen) atoms. The van der Waals surface area contributed by atoms with Crippen LogP contribution in [-0.4, -0.2) is 36.8 Å². The Morgan fingerprint density at radius 3 is 2.31 bits per heavy atom. The zero-order valence-corrected chi connectivity index (χ0v) is 10.1. The highest BCUT2D eigenvalue weighted by atomic mass is 16.4. The number of hydrogen-bond acceptors (Lipinski definition) is 5. The van der Waals surface area contributed by atoms with Crippen molar-refractivity contribution in [2.45, 2.75) is 33.2 Å². The molecule has 0 aromatic carbocycles. The molecule has 0 radical (unpaired) electrons. The number of carbonyl (C=O) groups is 1. The number of aryl methyl sites for hydroxylation is 1. The zero-order chi connectivity index (χ0) is 12.6. The minimum absolute atomic E-state index is 0.444. The average Bonchev–Trinajstić information content (AvgIpc) is 2.50. The van der Waals surface area contributed by atoms with Crippen LogP contribution in [-0.2, 0) is 11.8 Å². The number of aliphatic carboxylic acids is 1. The van der Waals surface area contributed by atoms with Gasteiger partial charge in [0.15, 0.2) is 0 Å². The van der Waals surface area contributed by atoms with E-state index < -0.39 is 16.9 Å². The van der Waals surface area contributed by atoms with Gasteiger partial charge < -0.3 is 10.4 Å². The number of nitrogens with zero attached hydrogens (tertiary/aromatic N) is 4. The van der Waals surface area contributed by atoms with E-state index in [1.807, 2.05) is 0 Å². The highest BCUT2D eigenvalue weighted by Gasteiger charge is 2.44. The molecule has 0 amide bonds. The van der Waals surface area contributed by atoms with Crippen LogP contribution in [0.1, 0.15) is 27.7 Å². The average molecular weight is 227 g/mol. The maximum atomic E-state index is 11.2. The van der Waals surface area contributed by atoms with Crippen LogP contribution in [0.2, 0.25) is 0 Å². The first-order valence-electron chi connectivity index (χ1n) is 4.92. The van der Waals surface area contributed by atoms with Gasteiger partial charge in [0.2, 0.25) is 5.95 Å². The van der Waals surface area contributed by atoms with Gasteiger partial charge >= 0.3 is 5.97 Å². The lowest BCUT2D eigenvalue weighted by molar-refractivity contribution is -0.149. The summed E-state index contributed by atoms with van der Waals surface area (Å²) in [7, 11) is 1.69. The summed E-state index contributed by atoms with van der Waals surface area (Å²) in [6.07, 6.45) is 0. The SMILES string of the molecule is Cn1nnnc1NC(C)(C)C(C)(C)C(=O)O. The first kappa shape index (κ1) is 12.4. The minimum atomic E-state index is -0.945. The van der Waals surface area contributed by atoms with Gasteiger partial charge in [-0.3, -0.25) is 4.79 Å². The van der Waals surface area contributed by atoms with Crippen molar-refractivity contribution in [3.63, 3.8) is 0 Å². The zero-order valence-electron chi connectivity index (χ0n) is 10.1. The van der Waals surface area contributed by atoms with Crippen molar-refractivity contribution in [2.75, 3.05) is 5.32 Å². The molecule has 2 N–H and O–H groups in total. The maximum Gasteiger partial charge on any atom is 0.311 e. The third kappa shape index (κ3) is 1.98. The standard InChI is InChI=1S/C9H17N5O2/c1-8(2,6(15)16)9(3,4)10-7-11-12-13-14(7)5/h1-5H3,(H,15,16)(H,10,11,13). The quantitative estimate of drug-likeness (QED) is 0.778. The van der Waals surface area contributed by atoms with Gasteiger partial charge in [-0.15, -0.1) is 0 Å². The van der Waals surface area contributed by atoms with Gasteiger partial charge in [0, 0.05) is 7.05 Å². The molecule has 7 heteroatoms. The second-order valence-corrected chi connectivity index (χ2v) is 4.81. The van der Waals surface area contributed by atoms with Crippen molar-refractivity contribution < 1.29 is 9.90 Å². The van der Waals surface area contributed by atoms with Crippen molar-refractivity contribution in [1.82, 2.24) is 20.2 Å². The minimum Gasteiger partial charge on any atom is -0.481 e. The van der Waals surface area contributed by atoms with E-state index in [0.29, 0.717) is 5.95 Å². The highest BCUT2D eigenvalue weighted by Crippen LogP contribution is 2.33. The second-order valence-electron chi connectivity index (χ2n) is 4.81. The number of aromatic nitrogens is 4. The van der Waals surface area contributed by atoms with E-state index in [1.54, 1.807) is 34.7 Å². The molecule has 0 unspecified atom stereocenters. The van der Waals surface area contributed by atoms with Crippen LogP contribution >= 0.6 is 0 Å². The number of carboxylic acids is 1. The summed E-state index contributed by atoms with van der Waals surface area (Å²) in [5, 5.41) is 23.1. The monoisotopic (exact) mass is 227 g/mol. The van der Waals surface area contributed by atoms with Gasteiger partial charge in [-0.05, 0) is 38.1 Å².